The fraction of sp³-hybridized carbons (Fsp3) is 0.692. The molecule has 3 rings (SSSR count). The molecule has 8 atom stereocenters. The predicted molar refractivity (Wildman–Crippen MR) is 131 cm³/mol. The lowest BCUT2D eigenvalue weighted by Crippen LogP contribution is -2.50. The first kappa shape index (κ1) is 26.6. The van der Waals surface area contributed by atoms with Gasteiger partial charge in [0.2, 0.25) is 11.8 Å². The predicted octanol–water partition coefficient (Wildman–Crippen LogP) is 2.27. The molecule has 0 bridgehead atoms. The summed E-state index contributed by atoms with van der Waals surface area (Å²) in [6.45, 7) is 8.79. The van der Waals surface area contributed by atoms with Gasteiger partial charge in [-0.2, -0.15) is 0 Å². The standard InChI is InChI=1S/C26H41N3O5/c1-16(5-8-20-13-26(15-32-26)14-21(34-20)12-24(28)30)6-9-23-17(2)11-22(19(4)33-23)29-25(31)10-7-18(3)27/h5-8,10,17-23H,9,11-15,27H2,1-4H3,(H2,28,30)(H,29,31). The lowest BCUT2D eigenvalue weighted by atomic mass is 9.88. The molecule has 0 radical (unpaired) electrons. The normalized spacial score (nSPS) is 37.3. The molecule has 8 unspecified atom stereocenters. The number of nitrogens with two attached hydrogens (primary N) is 2. The maximum absolute atomic E-state index is 12.1. The van der Waals surface area contributed by atoms with Crippen LogP contribution in [0.15, 0.2) is 36.0 Å². The summed E-state index contributed by atoms with van der Waals surface area (Å²) in [4.78, 5) is 23.4. The molecule has 3 fully saturated rings. The highest BCUT2D eigenvalue weighted by Crippen LogP contribution is 2.43. The van der Waals surface area contributed by atoms with E-state index in [-0.39, 0.29) is 60.3 Å². The van der Waals surface area contributed by atoms with Crippen LogP contribution in [0, 0.1) is 5.92 Å². The van der Waals surface area contributed by atoms with Gasteiger partial charge in [-0.05, 0) is 39.5 Å². The third kappa shape index (κ3) is 8.05. The number of epoxide rings is 1. The van der Waals surface area contributed by atoms with E-state index in [0.717, 1.165) is 37.9 Å². The number of hydrogen-bond acceptors (Lipinski definition) is 6. The van der Waals surface area contributed by atoms with E-state index < -0.39 is 0 Å². The Hall–Kier alpha value is -2.00. The van der Waals surface area contributed by atoms with E-state index in [0.29, 0.717) is 5.92 Å². The number of primary amides is 1. The van der Waals surface area contributed by atoms with Crippen molar-refractivity contribution in [2.24, 2.45) is 17.4 Å². The molecule has 3 saturated heterocycles. The number of hydrogen-bond donors (Lipinski definition) is 3. The quantitative estimate of drug-likeness (QED) is 0.267. The highest BCUT2D eigenvalue weighted by molar-refractivity contribution is 5.87. The van der Waals surface area contributed by atoms with E-state index in [1.807, 2.05) is 13.8 Å². The summed E-state index contributed by atoms with van der Waals surface area (Å²) < 4.78 is 18.0. The lowest BCUT2D eigenvalue weighted by molar-refractivity contribution is -0.125. The Morgan fingerprint density at radius 1 is 1.21 bits per heavy atom. The minimum Gasteiger partial charge on any atom is -0.373 e. The van der Waals surface area contributed by atoms with Gasteiger partial charge in [0, 0.05) is 25.0 Å². The fourth-order valence-corrected chi connectivity index (χ4v) is 4.82. The van der Waals surface area contributed by atoms with Gasteiger partial charge < -0.3 is 31.0 Å². The maximum atomic E-state index is 12.1. The molecule has 8 heteroatoms. The van der Waals surface area contributed by atoms with Crippen LogP contribution in [0.25, 0.3) is 0 Å². The fourth-order valence-electron chi connectivity index (χ4n) is 4.82. The van der Waals surface area contributed by atoms with Crippen LogP contribution in [0.1, 0.15) is 59.8 Å². The Bertz CT molecular complexity index is 817. The summed E-state index contributed by atoms with van der Waals surface area (Å²) in [5.41, 5.74) is 12.0. The average molecular weight is 476 g/mol. The molecular formula is C26H41N3O5. The van der Waals surface area contributed by atoms with Crippen molar-refractivity contribution < 1.29 is 23.8 Å². The topological polar surface area (TPSA) is 129 Å². The van der Waals surface area contributed by atoms with Crippen LogP contribution in [-0.2, 0) is 23.8 Å². The summed E-state index contributed by atoms with van der Waals surface area (Å²) in [5, 5.41) is 3.04. The Morgan fingerprint density at radius 2 is 1.94 bits per heavy atom. The van der Waals surface area contributed by atoms with Crippen molar-refractivity contribution in [1.29, 1.82) is 0 Å². The second-order valence-electron chi connectivity index (χ2n) is 10.3. The highest BCUT2D eigenvalue weighted by Gasteiger charge is 2.51. The number of rotatable bonds is 9. The molecule has 0 aromatic carbocycles. The van der Waals surface area contributed by atoms with E-state index in [1.165, 1.54) is 6.08 Å². The zero-order valence-corrected chi connectivity index (χ0v) is 20.9. The molecule has 0 aromatic heterocycles. The van der Waals surface area contributed by atoms with Crippen molar-refractivity contribution in [2.75, 3.05) is 6.61 Å². The van der Waals surface area contributed by atoms with Crippen LogP contribution >= 0.6 is 0 Å². The SMILES string of the molecule is CC(C=CC1CC2(CO2)CC(CC(N)=O)O1)=CCC1OC(C)C(NC(=O)C=CC(C)N)CC1C. The first-order valence-electron chi connectivity index (χ1n) is 12.4. The Balaban J connectivity index is 1.49. The molecule has 0 aliphatic carbocycles. The van der Waals surface area contributed by atoms with Crippen molar-refractivity contribution in [3.63, 3.8) is 0 Å². The molecule has 5 N–H and O–H groups in total. The van der Waals surface area contributed by atoms with E-state index in [1.54, 1.807) is 6.08 Å². The summed E-state index contributed by atoms with van der Waals surface area (Å²) in [6, 6.07) is -0.169. The highest BCUT2D eigenvalue weighted by atomic mass is 16.6. The van der Waals surface area contributed by atoms with E-state index in [9.17, 15) is 9.59 Å². The Morgan fingerprint density at radius 3 is 2.59 bits per heavy atom. The van der Waals surface area contributed by atoms with Crippen molar-refractivity contribution in [1.82, 2.24) is 5.32 Å². The lowest BCUT2D eigenvalue weighted by Gasteiger charge is -2.39. The minimum atomic E-state index is -0.347. The van der Waals surface area contributed by atoms with Gasteiger partial charge in [0.05, 0.1) is 49.1 Å². The third-order valence-corrected chi connectivity index (χ3v) is 6.86. The molecular weight excluding hydrogens is 434 g/mol. The molecule has 3 heterocycles. The monoisotopic (exact) mass is 475 g/mol. The van der Waals surface area contributed by atoms with Gasteiger partial charge in [0.1, 0.15) is 0 Å². The molecule has 0 saturated carbocycles. The molecule has 3 aliphatic heterocycles. The van der Waals surface area contributed by atoms with Gasteiger partial charge >= 0.3 is 0 Å². The van der Waals surface area contributed by atoms with Crippen LogP contribution in [0.2, 0.25) is 0 Å². The molecule has 190 valence electrons. The molecule has 8 nitrogen and oxygen atoms in total. The van der Waals surface area contributed by atoms with E-state index >= 15 is 0 Å². The number of carbonyl (C=O) groups is 2. The second-order valence-corrected chi connectivity index (χ2v) is 10.3. The minimum absolute atomic E-state index is 0.0183. The molecule has 34 heavy (non-hydrogen) atoms. The zero-order chi connectivity index (χ0) is 24.9. The summed E-state index contributed by atoms with van der Waals surface area (Å²) in [5.74, 6) is -0.165. The first-order chi connectivity index (χ1) is 16.0. The summed E-state index contributed by atoms with van der Waals surface area (Å²) >= 11 is 0. The van der Waals surface area contributed by atoms with Crippen LogP contribution in [0.4, 0.5) is 0 Å². The smallest absolute Gasteiger partial charge is 0.244 e. The number of nitrogens with one attached hydrogen (secondary N) is 1. The Kier molecular flexibility index (Phi) is 9.09. The van der Waals surface area contributed by atoms with Gasteiger partial charge in [0.25, 0.3) is 0 Å². The number of allylic oxidation sites excluding steroid dienone is 2. The van der Waals surface area contributed by atoms with Crippen molar-refractivity contribution in [3.05, 3.63) is 36.0 Å². The van der Waals surface area contributed by atoms with Gasteiger partial charge in [-0.25, -0.2) is 0 Å². The largest absolute Gasteiger partial charge is 0.373 e. The molecule has 1 spiro atoms. The molecule has 3 aliphatic rings. The number of amides is 2. The van der Waals surface area contributed by atoms with Gasteiger partial charge in [-0.3, -0.25) is 9.59 Å². The number of carbonyl (C=O) groups excluding carboxylic acids is 2. The van der Waals surface area contributed by atoms with Gasteiger partial charge in [0.15, 0.2) is 0 Å². The van der Waals surface area contributed by atoms with Crippen LogP contribution in [0.3, 0.4) is 0 Å². The van der Waals surface area contributed by atoms with Gasteiger partial charge in [-0.1, -0.05) is 36.8 Å². The first-order valence-corrected chi connectivity index (χ1v) is 12.4. The van der Waals surface area contributed by atoms with Gasteiger partial charge in [-0.15, -0.1) is 0 Å². The third-order valence-electron chi connectivity index (χ3n) is 6.86. The zero-order valence-electron chi connectivity index (χ0n) is 20.9. The van der Waals surface area contributed by atoms with Crippen LogP contribution in [-0.4, -0.2) is 60.5 Å². The van der Waals surface area contributed by atoms with Crippen LogP contribution in [0.5, 0.6) is 0 Å². The van der Waals surface area contributed by atoms with E-state index in [2.05, 4.69) is 37.4 Å². The summed E-state index contributed by atoms with van der Waals surface area (Å²) in [7, 11) is 0. The summed E-state index contributed by atoms with van der Waals surface area (Å²) in [6.07, 6.45) is 12.7. The van der Waals surface area contributed by atoms with Crippen LogP contribution < -0.4 is 16.8 Å². The molecule has 0 aromatic rings. The van der Waals surface area contributed by atoms with Crippen molar-refractivity contribution in [3.8, 4) is 0 Å². The van der Waals surface area contributed by atoms with E-state index in [4.69, 9.17) is 25.7 Å². The average Bonchev–Trinajstić information content (AvgIpc) is 3.49. The Labute approximate surface area is 203 Å². The maximum Gasteiger partial charge on any atom is 0.244 e. The van der Waals surface area contributed by atoms with Crippen molar-refractivity contribution in [2.45, 2.75) is 102 Å². The van der Waals surface area contributed by atoms with Crippen molar-refractivity contribution >= 4 is 11.8 Å². The molecule has 2 amide bonds. The number of ether oxygens (including phenoxy) is 3. The second kappa shape index (κ2) is 11.6.